The van der Waals surface area contributed by atoms with E-state index in [1.54, 1.807) is 18.2 Å². The molecule has 0 unspecified atom stereocenters. The van der Waals surface area contributed by atoms with E-state index in [-0.39, 0.29) is 22.2 Å². The van der Waals surface area contributed by atoms with Gasteiger partial charge in [0.2, 0.25) is 5.78 Å². The smallest absolute Gasteiger partial charge is 0.205 e. The van der Waals surface area contributed by atoms with Crippen molar-refractivity contribution in [3.63, 3.8) is 0 Å². The summed E-state index contributed by atoms with van der Waals surface area (Å²) >= 11 is 5.64. The Balaban J connectivity index is 2.71. The molecule has 0 aromatic heterocycles. The van der Waals surface area contributed by atoms with Crippen molar-refractivity contribution in [3.8, 4) is 5.75 Å². The number of methoxy groups -OCH3 is 1. The zero-order valence-corrected chi connectivity index (χ0v) is 8.67. The SMILES string of the molecule is COc1cccc2c1C(=O)C=C(Cl)C2=O. The van der Waals surface area contributed by atoms with Crippen LogP contribution in [-0.4, -0.2) is 18.7 Å². The number of hydrogen-bond acceptors (Lipinski definition) is 3. The molecule has 0 N–H and O–H groups in total. The van der Waals surface area contributed by atoms with Gasteiger partial charge in [0.25, 0.3) is 0 Å². The van der Waals surface area contributed by atoms with E-state index < -0.39 is 0 Å². The summed E-state index contributed by atoms with van der Waals surface area (Å²) < 4.78 is 5.02. The van der Waals surface area contributed by atoms with Gasteiger partial charge in [-0.15, -0.1) is 0 Å². The molecule has 3 nitrogen and oxygen atoms in total. The fourth-order valence-electron chi connectivity index (χ4n) is 1.53. The van der Waals surface area contributed by atoms with E-state index in [4.69, 9.17) is 16.3 Å². The molecule has 1 aromatic rings. The van der Waals surface area contributed by atoms with Gasteiger partial charge in [-0.2, -0.15) is 0 Å². The Morgan fingerprint density at radius 1 is 1.27 bits per heavy atom. The van der Waals surface area contributed by atoms with Gasteiger partial charge in [0, 0.05) is 11.6 Å². The zero-order valence-electron chi connectivity index (χ0n) is 7.91. The molecule has 0 spiro atoms. The van der Waals surface area contributed by atoms with Gasteiger partial charge in [-0.25, -0.2) is 0 Å². The third-order valence-electron chi connectivity index (χ3n) is 2.21. The molecule has 0 fully saturated rings. The standard InChI is InChI=1S/C11H7ClO3/c1-15-9-4-2-3-6-10(9)8(13)5-7(12)11(6)14/h2-5H,1H3. The summed E-state index contributed by atoms with van der Waals surface area (Å²) in [5, 5.41) is -0.0549. The van der Waals surface area contributed by atoms with Crippen LogP contribution in [0.2, 0.25) is 0 Å². The van der Waals surface area contributed by atoms with E-state index in [2.05, 4.69) is 0 Å². The Kier molecular flexibility index (Phi) is 2.32. The molecule has 1 aromatic carbocycles. The van der Waals surface area contributed by atoms with Crippen LogP contribution in [0.5, 0.6) is 5.75 Å². The summed E-state index contributed by atoms with van der Waals surface area (Å²) in [7, 11) is 1.45. The molecular weight excluding hydrogens is 216 g/mol. The summed E-state index contributed by atoms with van der Waals surface area (Å²) in [5.74, 6) is -0.247. The molecule has 0 bridgehead atoms. The van der Waals surface area contributed by atoms with Crippen molar-refractivity contribution in [1.82, 2.24) is 0 Å². The van der Waals surface area contributed by atoms with Crippen LogP contribution in [0, 0.1) is 0 Å². The number of carbonyl (C=O) groups excluding carboxylic acids is 2. The number of carbonyl (C=O) groups is 2. The molecule has 0 atom stereocenters. The summed E-state index contributed by atoms with van der Waals surface area (Å²) in [6.07, 6.45) is 1.12. The average Bonchev–Trinajstić information content (AvgIpc) is 2.25. The van der Waals surface area contributed by atoms with Gasteiger partial charge >= 0.3 is 0 Å². The number of benzene rings is 1. The molecule has 0 saturated heterocycles. The lowest BCUT2D eigenvalue weighted by atomic mass is 9.94. The van der Waals surface area contributed by atoms with E-state index in [1.807, 2.05) is 0 Å². The third kappa shape index (κ3) is 1.45. The van der Waals surface area contributed by atoms with Crippen LogP contribution in [0.4, 0.5) is 0 Å². The van der Waals surface area contributed by atoms with Crippen molar-refractivity contribution in [1.29, 1.82) is 0 Å². The molecule has 0 aliphatic heterocycles. The minimum Gasteiger partial charge on any atom is -0.496 e. The number of fused-ring (bicyclic) bond motifs is 1. The van der Waals surface area contributed by atoms with Crippen LogP contribution in [0.1, 0.15) is 20.7 Å². The Morgan fingerprint density at radius 3 is 2.67 bits per heavy atom. The van der Waals surface area contributed by atoms with E-state index in [1.165, 1.54) is 7.11 Å². The summed E-state index contributed by atoms with van der Waals surface area (Å²) in [5.41, 5.74) is 0.584. The highest BCUT2D eigenvalue weighted by atomic mass is 35.5. The van der Waals surface area contributed by atoms with Crippen molar-refractivity contribution in [2.24, 2.45) is 0 Å². The van der Waals surface area contributed by atoms with Crippen molar-refractivity contribution >= 4 is 23.2 Å². The van der Waals surface area contributed by atoms with Crippen LogP contribution in [0.3, 0.4) is 0 Å². The Labute approximate surface area is 91.3 Å². The molecule has 15 heavy (non-hydrogen) atoms. The second kappa shape index (κ2) is 3.51. The number of ketones is 2. The average molecular weight is 223 g/mol. The zero-order chi connectivity index (χ0) is 11.0. The maximum Gasteiger partial charge on any atom is 0.205 e. The highest BCUT2D eigenvalue weighted by molar-refractivity contribution is 6.49. The molecule has 2 rings (SSSR count). The predicted octanol–water partition coefficient (Wildman–Crippen LogP) is 2.20. The van der Waals surface area contributed by atoms with Crippen LogP contribution in [0.15, 0.2) is 29.3 Å². The van der Waals surface area contributed by atoms with Gasteiger partial charge < -0.3 is 4.74 Å². The van der Waals surface area contributed by atoms with Crippen LogP contribution < -0.4 is 4.74 Å². The number of allylic oxidation sites excluding steroid dienone is 2. The minimum atomic E-state index is -0.342. The Hall–Kier alpha value is -1.61. The second-order valence-corrected chi connectivity index (χ2v) is 3.48. The first-order valence-corrected chi connectivity index (χ1v) is 4.66. The number of hydrogen-bond donors (Lipinski definition) is 0. The van der Waals surface area contributed by atoms with E-state index in [0.29, 0.717) is 11.3 Å². The first-order chi connectivity index (χ1) is 7.15. The minimum absolute atomic E-state index is 0.0549. The quantitative estimate of drug-likeness (QED) is 0.732. The largest absolute Gasteiger partial charge is 0.496 e. The lowest BCUT2D eigenvalue weighted by Gasteiger charge is -2.14. The summed E-state index contributed by atoms with van der Waals surface area (Å²) in [6.45, 7) is 0. The van der Waals surface area contributed by atoms with Gasteiger partial charge in [-0.3, -0.25) is 9.59 Å². The highest BCUT2D eigenvalue weighted by Gasteiger charge is 2.27. The van der Waals surface area contributed by atoms with Gasteiger partial charge in [0.15, 0.2) is 5.78 Å². The van der Waals surface area contributed by atoms with E-state index in [9.17, 15) is 9.59 Å². The fourth-order valence-corrected chi connectivity index (χ4v) is 1.73. The van der Waals surface area contributed by atoms with Gasteiger partial charge in [0.05, 0.1) is 17.7 Å². The molecular formula is C11H7ClO3. The first kappa shape index (κ1) is 9.93. The van der Waals surface area contributed by atoms with Crippen molar-refractivity contribution < 1.29 is 14.3 Å². The highest BCUT2D eigenvalue weighted by Crippen LogP contribution is 2.29. The molecule has 4 heteroatoms. The molecule has 76 valence electrons. The summed E-state index contributed by atoms with van der Waals surface area (Å²) in [6, 6.07) is 4.85. The normalized spacial score (nSPS) is 14.7. The molecule has 0 radical (unpaired) electrons. The lowest BCUT2D eigenvalue weighted by molar-refractivity contribution is 0.0988. The fraction of sp³-hybridized carbons (Fsp3) is 0.0909. The Morgan fingerprint density at radius 2 is 2.00 bits per heavy atom. The van der Waals surface area contributed by atoms with Crippen molar-refractivity contribution in [3.05, 3.63) is 40.4 Å². The lowest BCUT2D eigenvalue weighted by Crippen LogP contribution is -2.15. The molecule has 1 aliphatic carbocycles. The van der Waals surface area contributed by atoms with Crippen molar-refractivity contribution in [2.75, 3.05) is 7.11 Å². The molecule has 1 aliphatic rings. The summed E-state index contributed by atoms with van der Waals surface area (Å²) in [4.78, 5) is 23.3. The maximum atomic E-state index is 11.6. The number of rotatable bonds is 1. The number of Topliss-reactive ketones (excluding diaryl/α,β-unsaturated/α-hetero) is 1. The third-order valence-corrected chi connectivity index (χ3v) is 2.49. The van der Waals surface area contributed by atoms with Crippen LogP contribution >= 0.6 is 11.6 Å². The van der Waals surface area contributed by atoms with Crippen LogP contribution in [-0.2, 0) is 0 Å². The second-order valence-electron chi connectivity index (χ2n) is 3.07. The number of halogens is 1. The molecule has 0 amide bonds. The molecule has 0 saturated carbocycles. The predicted molar refractivity (Wildman–Crippen MR) is 55.6 cm³/mol. The van der Waals surface area contributed by atoms with Crippen molar-refractivity contribution in [2.45, 2.75) is 0 Å². The topological polar surface area (TPSA) is 43.4 Å². The van der Waals surface area contributed by atoms with Gasteiger partial charge in [-0.1, -0.05) is 17.7 Å². The van der Waals surface area contributed by atoms with E-state index in [0.717, 1.165) is 6.08 Å². The van der Waals surface area contributed by atoms with E-state index >= 15 is 0 Å². The Bertz CT molecular complexity index is 489. The van der Waals surface area contributed by atoms with Gasteiger partial charge in [0.1, 0.15) is 5.75 Å². The number of ether oxygens (including phenoxy) is 1. The molecule has 0 heterocycles. The van der Waals surface area contributed by atoms with Crippen LogP contribution in [0.25, 0.3) is 0 Å². The first-order valence-electron chi connectivity index (χ1n) is 4.28. The monoisotopic (exact) mass is 222 g/mol. The maximum absolute atomic E-state index is 11.6. The van der Waals surface area contributed by atoms with Gasteiger partial charge in [-0.05, 0) is 12.1 Å².